The van der Waals surface area contributed by atoms with Gasteiger partial charge in [-0.15, -0.1) is 0 Å². The first-order valence-electron chi connectivity index (χ1n) is 9.42. The number of hydrogen-bond acceptors (Lipinski definition) is 0. The Balaban J connectivity index is 0.000000980. The summed E-state index contributed by atoms with van der Waals surface area (Å²) < 4.78 is 5.90. The molecule has 0 aromatic heterocycles. The van der Waals surface area contributed by atoms with Gasteiger partial charge < -0.3 is 24.8 Å². The van der Waals surface area contributed by atoms with E-state index < -0.39 is 20.0 Å². The van der Waals surface area contributed by atoms with Crippen molar-refractivity contribution in [2.45, 2.75) is 38.2 Å². The van der Waals surface area contributed by atoms with E-state index in [2.05, 4.69) is 67.6 Å². The summed E-state index contributed by atoms with van der Waals surface area (Å²) in [5.74, 6) is 0. The Morgan fingerprint density at radius 1 is 0.885 bits per heavy atom. The van der Waals surface area contributed by atoms with Gasteiger partial charge in [0.25, 0.3) is 0 Å². The average molecular weight is 550 g/mol. The zero-order chi connectivity index (χ0) is 16.1. The Bertz CT molecular complexity index is 832. The maximum atomic E-state index is 2.46. The van der Waals surface area contributed by atoms with Crippen LogP contribution in [0.2, 0.25) is 8.35 Å². The van der Waals surface area contributed by atoms with Gasteiger partial charge in [0.05, 0.1) is 0 Å². The number of benzene rings is 2. The molecular weight excluding hydrogens is 526 g/mol. The second-order valence-corrected chi connectivity index (χ2v) is 23.8. The first-order chi connectivity index (χ1) is 11.8. The normalized spacial score (nSPS) is 17.6. The third-order valence-electron chi connectivity index (χ3n) is 6.32. The first kappa shape index (κ1) is 20.1. The number of allylic oxidation sites excluding steroid dienone is 4. The topological polar surface area (TPSA) is 0 Å². The minimum Gasteiger partial charge on any atom is -1.00 e. The van der Waals surface area contributed by atoms with E-state index in [1.807, 2.05) is 3.33 Å². The van der Waals surface area contributed by atoms with Gasteiger partial charge in [0.1, 0.15) is 0 Å². The molecule has 0 unspecified atom stereocenters. The molecule has 0 N–H and O–H groups in total. The minimum atomic E-state index is -2.43. The Hall–Kier alpha value is -0.630. The molecule has 1 fully saturated rings. The van der Waals surface area contributed by atoms with Gasteiger partial charge in [-0.2, -0.15) is 0 Å². The summed E-state index contributed by atoms with van der Waals surface area (Å²) in [5, 5.41) is 0. The van der Waals surface area contributed by atoms with Gasteiger partial charge in [0.15, 0.2) is 0 Å². The largest absolute Gasteiger partial charge is 1.00 e. The first-order valence-corrected chi connectivity index (χ1v) is 18.4. The van der Waals surface area contributed by atoms with E-state index in [1.54, 1.807) is 25.1 Å². The molecule has 2 aromatic carbocycles. The SMILES string of the molecule is CCCC1=[C]([Hf+2]2([CH]3c4ccccc4-c4ccccc43)[CH2][CH2]2)CC=C1.[Cl-].[Cl-]. The van der Waals surface area contributed by atoms with E-state index in [0.29, 0.717) is 0 Å². The molecule has 2 aromatic rings. The molecule has 1 aliphatic heterocycles. The molecule has 0 nitrogen and oxygen atoms in total. The van der Waals surface area contributed by atoms with Crippen LogP contribution >= 0.6 is 0 Å². The van der Waals surface area contributed by atoms with Crippen molar-refractivity contribution in [1.82, 2.24) is 0 Å². The van der Waals surface area contributed by atoms with Crippen molar-refractivity contribution in [1.29, 1.82) is 0 Å². The number of hydrogen-bond donors (Lipinski definition) is 0. The van der Waals surface area contributed by atoms with E-state index in [9.17, 15) is 0 Å². The van der Waals surface area contributed by atoms with Crippen molar-refractivity contribution in [3.05, 3.63) is 80.7 Å². The van der Waals surface area contributed by atoms with Crippen LogP contribution in [0.25, 0.3) is 11.1 Å². The summed E-state index contributed by atoms with van der Waals surface area (Å²) in [5.41, 5.74) is 8.10. The van der Waals surface area contributed by atoms with Gasteiger partial charge in [-0.25, -0.2) is 0 Å². The monoisotopic (exact) mass is 550 g/mol. The molecular formula is C23H24Cl2Hf. The Kier molecular flexibility index (Phi) is 6.02. The third kappa shape index (κ3) is 2.91. The van der Waals surface area contributed by atoms with E-state index in [1.165, 1.54) is 30.4 Å². The van der Waals surface area contributed by atoms with Crippen molar-refractivity contribution in [3.63, 3.8) is 0 Å². The molecule has 0 radical (unpaired) electrons. The molecule has 1 heterocycles. The van der Waals surface area contributed by atoms with Gasteiger partial charge >= 0.3 is 150 Å². The molecule has 26 heavy (non-hydrogen) atoms. The van der Waals surface area contributed by atoms with Crippen molar-refractivity contribution >= 4 is 0 Å². The molecule has 0 saturated carbocycles. The third-order valence-corrected chi connectivity index (χ3v) is 24.4. The summed E-state index contributed by atoms with van der Waals surface area (Å²) in [7, 11) is 0. The van der Waals surface area contributed by atoms with Crippen LogP contribution in [-0.4, -0.2) is 0 Å². The summed E-state index contributed by atoms with van der Waals surface area (Å²) >= 11 is -2.43. The van der Waals surface area contributed by atoms with Gasteiger partial charge in [0.2, 0.25) is 0 Å². The van der Waals surface area contributed by atoms with E-state index in [4.69, 9.17) is 0 Å². The van der Waals surface area contributed by atoms with Crippen molar-refractivity contribution < 1.29 is 44.8 Å². The van der Waals surface area contributed by atoms with Crippen LogP contribution in [0.5, 0.6) is 0 Å². The summed E-state index contributed by atoms with van der Waals surface area (Å²) in [6.45, 7) is 2.33. The fraction of sp³-hybridized carbons (Fsp3) is 0.304. The van der Waals surface area contributed by atoms with Crippen molar-refractivity contribution in [2.24, 2.45) is 0 Å². The second-order valence-electron chi connectivity index (χ2n) is 7.62. The van der Waals surface area contributed by atoms with Crippen LogP contribution in [0.3, 0.4) is 0 Å². The van der Waals surface area contributed by atoms with Gasteiger partial charge in [-0.3, -0.25) is 0 Å². The number of fused-ring (bicyclic) bond motifs is 3. The molecule has 2 aliphatic carbocycles. The second kappa shape index (κ2) is 7.78. The average Bonchev–Trinajstić information content (AvgIpc) is 3.14. The summed E-state index contributed by atoms with van der Waals surface area (Å²) in [4.78, 5) is 0. The van der Waals surface area contributed by atoms with Crippen LogP contribution in [0.15, 0.2) is 69.6 Å². The number of rotatable bonds is 4. The molecule has 0 bridgehead atoms. The smallest absolute Gasteiger partial charge is 1.00 e. The van der Waals surface area contributed by atoms with Crippen LogP contribution in [0.1, 0.15) is 41.0 Å². The van der Waals surface area contributed by atoms with E-state index >= 15 is 0 Å². The Morgan fingerprint density at radius 2 is 1.46 bits per heavy atom. The van der Waals surface area contributed by atoms with E-state index in [0.717, 1.165) is 3.67 Å². The quantitative estimate of drug-likeness (QED) is 0.495. The van der Waals surface area contributed by atoms with Gasteiger partial charge in [-0.1, -0.05) is 0 Å². The predicted molar refractivity (Wildman–Crippen MR) is 99.0 cm³/mol. The zero-order valence-corrected chi connectivity index (χ0v) is 20.2. The Morgan fingerprint density at radius 3 is 2.00 bits per heavy atom. The van der Waals surface area contributed by atoms with Crippen LogP contribution in [-0.2, 0) is 20.0 Å². The van der Waals surface area contributed by atoms with Crippen LogP contribution < -0.4 is 24.8 Å². The standard InChI is InChI=1S/C13H9.C8H11.C2H4.2ClH.Hf/c1-3-7-12-10(5-1)9-11-6-2-4-8-13(11)12;1-2-5-8-6-3-4-7-8;1-2;;;/h1-9H;3,6H,2,4-5H2,1H3;1-2H2;2*1H;/q;;;;;+2/p-2. The zero-order valence-electron chi connectivity index (χ0n) is 15.1. The van der Waals surface area contributed by atoms with Crippen LogP contribution in [0.4, 0.5) is 0 Å². The molecule has 1 saturated heterocycles. The maximum Gasteiger partial charge on any atom is -1.00 e. The maximum absolute atomic E-state index is 2.46. The molecule has 0 amide bonds. The van der Waals surface area contributed by atoms with Gasteiger partial charge in [-0.05, 0) is 0 Å². The molecule has 0 atom stereocenters. The van der Waals surface area contributed by atoms with Crippen molar-refractivity contribution in [2.75, 3.05) is 0 Å². The molecule has 3 heteroatoms. The van der Waals surface area contributed by atoms with E-state index in [-0.39, 0.29) is 24.8 Å². The minimum absolute atomic E-state index is 0. The molecule has 0 spiro atoms. The van der Waals surface area contributed by atoms with Crippen LogP contribution in [0, 0.1) is 0 Å². The van der Waals surface area contributed by atoms with Crippen molar-refractivity contribution in [3.8, 4) is 11.1 Å². The summed E-state index contributed by atoms with van der Waals surface area (Å²) in [6, 6.07) is 18.5. The molecule has 5 rings (SSSR count). The molecule has 3 aliphatic rings. The fourth-order valence-electron chi connectivity index (χ4n) is 5.23. The molecule has 134 valence electrons. The summed E-state index contributed by atoms with van der Waals surface area (Å²) in [6.07, 6.45) is 8.77. The number of halogens is 2. The fourth-order valence-corrected chi connectivity index (χ4v) is 30.6. The predicted octanol–water partition coefficient (Wildman–Crippen LogP) is 0.783. The van der Waals surface area contributed by atoms with Gasteiger partial charge in [0, 0.05) is 0 Å². The Labute approximate surface area is 173 Å².